The smallest absolute Gasteiger partial charge is 0.388 e. The van der Waals surface area contributed by atoms with Gasteiger partial charge in [0.05, 0.1) is 12.7 Å². The van der Waals surface area contributed by atoms with E-state index in [0.29, 0.717) is 5.82 Å². The topological polar surface area (TPSA) is 132 Å². The summed E-state index contributed by atoms with van der Waals surface area (Å²) < 4.78 is 27.2. The highest BCUT2D eigenvalue weighted by Gasteiger charge is 2.43. The van der Waals surface area contributed by atoms with E-state index in [1.54, 1.807) is 20.0 Å². The number of anilines is 1. The molecule has 0 amide bonds. The van der Waals surface area contributed by atoms with Gasteiger partial charge >= 0.3 is 13.5 Å². The fourth-order valence-corrected chi connectivity index (χ4v) is 2.69. The Kier molecular flexibility index (Phi) is 5.56. The van der Waals surface area contributed by atoms with Crippen LogP contribution in [-0.4, -0.2) is 52.5 Å². The molecule has 3 N–H and O–H groups in total. The van der Waals surface area contributed by atoms with E-state index in [2.05, 4.69) is 14.8 Å². The average Bonchev–Trinajstić information content (AvgIpc) is 2.81. The molecule has 1 saturated heterocycles. The van der Waals surface area contributed by atoms with Crippen molar-refractivity contribution in [2.24, 2.45) is 5.92 Å². The highest BCUT2D eigenvalue weighted by molar-refractivity contribution is 7.47. The van der Waals surface area contributed by atoms with Gasteiger partial charge in [0.25, 0.3) is 0 Å². The molecule has 0 bridgehead atoms. The van der Waals surface area contributed by atoms with Crippen molar-refractivity contribution in [3.05, 3.63) is 22.7 Å². The Bertz CT molecular complexity index is 652. The number of hydrogen-bond donors (Lipinski definition) is 3. The zero-order valence-electron chi connectivity index (χ0n) is 12.9. The van der Waals surface area contributed by atoms with Crippen molar-refractivity contribution in [2.75, 3.05) is 26.1 Å². The van der Waals surface area contributed by atoms with Gasteiger partial charge in [-0.05, 0) is 6.07 Å². The fraction of sp³-hybridized carbons (Fsp3) is 0.667. The summed E-state index contributed by atoms with van der Waals surface area (Å²) in [5.74, 6) is -0.0271. The SMILES string of the molecule is CNc1ccn([C@@H]2O[C@H](COP(=O)(O)OC)C(C)[C@@H]2O)c(=O)n1. The molecule has 2 rings (SSSR count). The first-order chi connectivity index (χ1) is 10.8. The summed E-state index contributed by atoms with van der Waals surface area (Å²) in [6.07, 6.45) is -1.17. The molecule has 5 atom stereocenters. The lowest BCUT2D eigenvalue weighted by atomic mass is 10.0. The second-order valence-electron chi connectivity index (χ2n) is 5.11. The minimum absolute atomic E-state index is 0.257. The predicted octanol–water partition coefficient (Wildman–Crippen LogP) is -0.0572. The van der Waals surface area contributed by atoms with E-state index < -0.39 is 37.9 Å². The summed E-state index contributed by atoms with van der Waals surface area (Å²) in [5, 5.41) is 13.0. The molecule has 11 heteroatoms. The molecule has 23 heavy (non-hydrogen) atoms. The summed E-state index contributed by atoms with van der Waals surface area (Å²) in [6, 6.07) is 1.57. The van der Waals surface area contributed by atoms with Crippen LogP contribution in [0.15, 0.2) is 17.1 Å². The van der Waals surface area contributed by atoms with E-state index >= 15 is 0 Å². The Balaban J connectivity index is 2.13. The van der Waals surface area contributed by atoms with Crippen LogP contribution in [0.3, 0.4) is 0 Å². The lowest BCUT2D eigenvalue weighted by molar-refractivity contribution is -0.0531. The predicted molar refractivity (Wildman–Crippen MR) is 79.9 cm³/mol. The van der Waals surface area contributed by atoms with Crippen LogP contribution in [0, 0.1) is 5.92 Å². The number of ether oxygens (including phenoxy) is 1. The summed E-state index contributed by atoms with van der Waals surface area (Å²) in [6.45, 7) is 1.43. The Morgan fingerprint density at radius 1 is 1.57 bits per heavy atom. The van der Waals surface area contributed by atoms with Gasteiger partial charge in [0.2, 0.25) is 0 Å². The van der Waals surface area contributed by atoms with E-state index in [4.69, 9.17) is 9.26 Å². The minimum atomic E-state index is -4.13. The summed E-state index contributed by atoms with van der Waals surface area (Å²) >= 11 is 0. The summed E-state index contributed by atoms with van der Waals surface area (Å²) in [7, 11) is -1.46. The number of phosphoric acid groups is 1. The highest BCUT2D eigenvalue weighted by atomic mass is 31.2. The molecule has 0 aromatic carbocycles. The van der Waals surface area contributed by atoms with Gasteiger partial charge in [-0.25, -0.2) is 9.36 Å². The monoisotopic (exact) mass is 349 g/mol. The zero-order valence-corrected chi connectivity index (χ0v) is 13.8. The van der Waals surface area contributed by atoms with Gasteiger partial charge in [-0.15, -0.1) is 0 Å². The van der Waals surface area contributed by atoms with E-state index in [-0.39, 0.29) is 6.61 Å². The lowest BCUT2D eigenvalue weighted by Crippen LogP contribution is -2.33. The Morgan fingerprint density at radius 3 is 2.83 bits per heavy atom. The quantitative estimate of drug-likeness (QED) is 0.604. The molecule has 2 heterocycles. The lowest BCUT2D eigenvalue weighted by Gasteiger charge is -2.18. The maximum atomic E-state index is 12.0. The van der Waals surface area contributed by atoms with Crippen LogP contribution >= 0.6 is 7.82 Å². The second-order valence-corrected chi connectivity index (χ2v) is 6.67. The van der Waals surface area contributed by atoms with Gasteiger partial charge in [0, 0.05) is 26.3 Å². The van der Waals surface area contributed by atoms with Crippen molar-refractivity contribution >= 4 is 13.6 Å². The van der Waals surface area contributed by atoms with Crippen LogP contribution in [0.2, 0.25) is 0 Å². The van der Waals surface area contributed by atoms with Gasteiger partial charge in [-0.1, -0.05) is 6.92 Å². The largest absolute Gasteiger partial charge is 0.472 e. The first kappa shape index (κ1) is 18.1. The van der Waals surface area contributed by atoms with E-state index in [1.807, 2.05) is 0 Å². The molecule has 0 aliphatic carbocycles. The second kappa shape index (κ2) is 7.08. The van der Waals surface area contributed by atoms with Crippen molar-refractivity contribution in [1.29, 1.82) is 0 Å². The van der Waals surface area contributed by atoms with Crippen molar-refractivity contribution in [3.8, 4) is 0 Å². The molecule has 1 aromatic rings. The number of aliphatic hydroxyl groups is 1. The third-order valence-electron chi connectivity index (χ3n) is 3.72. The van der Waals surface area contributed by atoms with Crippen LogP contribution < -0.4 is 11.0 Å². The van der Waals surface area contributed by atoms with Crippen LogP contribution in [0.4, 0.5) is 5.82 Å². The molecule has 1 aromatic heterocycles. The van der Waals surface area contributed by atoms with E-state index in [1.165, 1.54) is 6.20 Å². The minimum Gasteiger partial charge on any atom is -0.388 e. The number of aliphatic hydroxyl groups excluding tert-OH is 1. The Labute approximate surface area is 132 Å². The Morgan fingerprint density at radius 2 is 2.26 bits per heavy atom. The molecule has 1 fully saturated rings. The average molecular weight is 349 g/mol. The van der Waals surface area contributed by atoms with Crippen molar-refractivity contribution in [3.63, 3.8) is 0 Å². The molecule has 0 saturated carbocycles. The van der Waals surface area contributed by atoms with Crippen LogP contribution in [0.5, 0.6) is 0 Å². The number of hydrogen-bond acceptors (Lipinski definition) is 8. The summed E-state index contributed by atoms with van der Waals surface area (Å²) in [5.41, 5.74) is -0.584. The van der Waals surface area contributed by atoms with Gasteiger partial charge in [0.15, 0.2) is 6.23 Å². The first-order valence-electron chi connectivity index (χ1n) is 6.92. The van der Waals surface area contributed by atoms with Gasteiger partial charge < -0.3 is 20.1 Å². The van der Waals surface area contributed by atoms with Gasteiger partial charge in [-0.3, -0.25) is 13.6 Å². The first-order valence-corrected chi connectivity index (χ1v) is 8.42. The number of rotatable bonds is 6. The van der Waals surface area contributed by atoms with Crippen molar-refractivity contribution in [1.82, 2.24) is 9.55 Å². The normalized spacial score (nSPS) is 30.1. The molecule has 130 valence electrons. The molecule has 10 nitrogen and oxygen atoms in total. The molecule has 0 spiro atoms. The maximum absolute atomic E-state index is 12.0. The third-order valence-corrected chi connectivity index (χ3v) is 4.66. The zero-order chi connectivity index (χ0) is 17.2. The standard InChI is InChI=1S/C12H20N3O7P/c1-7-8(6-21-23(18,19)20-3)22-11(10(7)16)15-5-4-9(13-2)14-12(15)17/h4-5,7-8,10-11,16H,6H2,1-3H3,(H,18,19)(H,13,14,17)/t7?,8-,10+,11-/m1/s1. The summed E-state index contributed by atoms with van der Waals surface area (Å²) in [4.78, 5) is 25.0. The fourth-order valence-electron chi connectivity index (χ4n) is 2.25. The van der Waals surface area contributed by atoms with Crippen LogP contribution in [0.25, 0.3) is 0 Å². The van der Waals surface area contributed by atoms with Crippen molar-refractivity contribution < 1.29 is 28.3 Å². The third kappa shape index (κ3) is 3.97. The molecule has 2 unspecified atom stereocenters. The van der Waals surface area contributed by atoms with Crippen LogP contribution in [-0.2, 0) is 18.3 Å². The number of nitrogens with one attached hydrogen (secondary N) is 1. The van der Waals surface area contributed by atoms with E-state index in [0.717, 1.165) is 11.7 Å². The van der Waals surface area contributed by atoms with E-state index in [9.17, 15) is 19.4 Å². The number of nitrogens with zero attached hydrogens (tertiary/aromatic N) is 2. The highest BCUT2D eigenvalue weighted by Crippen LogP contribution is 2.43. The van der Waals surface area contributed by atoms with Crippen LogP contribution in [0.1, 0.15) is 13.2 Å². The van der Waals surface area contributed by atoms with Gasteiger partial charge in [0.1, 0.15) is 11.9 Å². The number of phosphoric ester groups is 1. The van der Waals surface area contributed by atoms with Crippen molar-refractivity contribution in [2.45, 2.75) is 25.4 Å². The molecular formula is C12H20N3O7P. The molecular weight excluding hydrogens is 329 g/mol. The van der Waals surface area contributed by atoms with Gasteiger partial charge in [-0.2, -0.15) is 4.98 Å². The molecule has 1 aliphatic rings. The molecule has 0 radical (unpaired) electrons. The molecule has 1 aliphatic heterocycles. The maximum Gasteiger partial charge on any atom is 0.472 e. The Hall–Kier alpha value is -1.29. The number of aromatic nitrogens is 2.